The average Bonchev–Trinajstić information content (AvgIpc) is 3.24. The van der Waals surface area contributed by atoms with Gasteiger partial charge >= 0.3 is 0 Å². The lowest BCUT2D eigenvalue weighted by Crippen LogP contribution is -2.03. The molecular weight excluding hydrogens is 346 g/mol. The molecule has 0 unspecified atom stereocenters. The summed E-state index contributed by atoms with van der Waals surface area (Å²) in [6, 6.07) is 20.7. The number of nitrogens with zero attached hydrogens (tertiary/aromatic N) is 1. The monoisotopic (exact) mass is 369 g/mol. The van der Waals surface area contributed by atoms with Gasteiger partial charge in [0.05, 0.1) is 5.52 Å². The summed E-state index contributed by atoms with van der Waals surface area (Å²) in [6.07, 6.45) is 6.94. The number of para-hydroxylation sites is 1. The van der Waals surface area contributed by atoms with Gasteiger partial charge in [0.2, 0.25) is 0 Å². The Balaban J connectivity index is 1.66. The first-order chi connectivity index (χ1) is 13.3. The SMILES string of the molecule is Cn1c2ccccc2c2ccc3sc4cc(C5CCCCC5)ccc4c3c21. The van der Waals surface area contributed by atoms with E-state index in [1.807, 2.05) is 11.3 Å². The third-order valence-electron chi connectivity index (χ3n) is 6.60. The molecule has 5 aromatic rings. The zero-order chi connectivity index (χ0) is 18.0. The summed E-state index contributed by atoms with van der Waals surface area (Å²) < 4.78 is 5.24. The molecule has 3 aromatic carbocycles. The molecule has 2 heterocycles. The number of rotatable bonds is 1. The summed E-state index contributed by atoms with van der Waals surface area (Å²) in [5.41, 5.74) is 4.26. The van der Waals surface area contributed by atoms with Gasteiger partial charge in [0, 0.05) is 43.5 Å². The van der Waals surface area contributed by atoms with Gasteiger partial charge in [0.25, 0.3) is 0 Å². The van der Waals surface area contributed by atoms with Crippen molar-refractivity contribution in [1.82, 2.24) is 4.57 Å². The van der Waals surface area contributed by atoms with E-state index >= 15 is 0 Å². The highest BCUT2D eigenvalue weighted by Gasteiger charge is 2.18. The van der Waals surface area contributed by atoms with Gasteiger partial charge in [-0.25, -0.2) is 0 Å². The van der Waals surface area contributed by atoms with Crippen LogP contribution >= 0.6 is 11.3 Å². The molecule has 0 aliphatic heterocycles. The van der Waals surface area contributed by atoms with Crippen molar-refractivity contribution in [2.24, 2.45) is 7.05 Å². The summed E-state index contributed by atoms with van der Waals surface area (Å²) in [5.74, 6) is 0.769. The van der Waals surface area contributed by atoms with E-state index in [-0.39, 0.29) is 0 Å². The number of thiophene rings is 1. The number of hydrogen-bond donors (Lipinski definition) is 0. The van der Waals surface area contributed by atoms with Gasteiger partial charge in [-0.2, -0.15) is 0 Å². The Hall–Kier alpha value is -2.32. The van der Waals surface area contributed by atoms with Gasteiger partial charge in [-0.05, 0) is 42.5 Å². The van der Waals surface area contributed by atoms with E-state index in [0.29, 0.717) is 0 Å². The molecule has 0 bridgehead atoms. The average molecular weight is 370 g/mol. The molecule has 1 nitrogen and oxygen atoms in total. The number of aryl methyl sites for hydroxylation is 1. The van der Waals surface area contributed by atoms with Crippen LogP contribution in [0, 0.1) is 0 Å². The minimum Gasteiger partial charge on any atom is -0.343 e. The topological polar surface area (TPSA) is 4.93 Å². The van der Waals surface area contributed by atoms with E-state index in [1.54, 1.807) is 5.56 Å². The lowest BCUT2D eigenvalue weighted by molar-refractivity contribution is 0.444. The van der Waals surface area contributed by atoms with Gasteiger partial charge < -0.3 is 4.57 Å². The van der Waals surface area contributed by atoms with Gasteiger partial charge in [0.15, 0.2) is 0 Å². The van der Waals surface area contributed by atoms with E-state index < -0.39 is 0 Å². The molecule has 1 fully saturated rings. The normalized spacial score (nSPS) is 16.2. The lowest BCUT2D eigenvalue weighted by atomic mass is 9.84. The van der Waals surface area contributed by atoms with Crippen molar-refractivity contribution in [2.45, 2.75) is 38.0 Å². The largest absolute Gasteiger partial charge is 0.343 e. The molecule has 1 aliphatic carbocycles. The maximum Gasteiger partial charge on any atom is 0.0583 e. The van der Waals surface area contributed by atoms with Gasteiger partial charge in [-0.1, -0.05) is 55.7 Å². The second-order valence-electron chi connectivity index (χ2n) is 8.10. The summed E-state index contributed by atoms with van der Waals surface area (Å²) in [4.78, 5) is 0. The van der Waals surface area contributed by atoms with Gasteiger partial charge in [0.1, 0.15) is 0 Å². The van der Waals surface area contributed by atoms with Crippen LogP contribution in [0.3, 0.4) is 0 Å². The first-order valence-corrected chi connectivity index (χ1v) is 11.0. The summed E-state index contributed by atoms with van der Waals surface area (Å²) in [5, 5.41) is 5.58. The van der Waals surface area contributed by atoms with E-state index in [9.17, 15) is 0 Å². The number of hydrogen-bond acceptors (Lipinski definition) is 1. The van der Waals surface area contributed by atoms with E-state index in [2.05, 4.69) is 66.2 Å². The highest BCUT2D eigenvalue weighted by atomic mass is 32.1. The van der Waals surface area contributed by atoms with Gasteiger partial charge in [-0.15, -0.1) is 11.3 Å². The molecule has 6 rings (SSSR count). The Bertz CT molecular complexity index is 1310. The molecule has 2 heteroatoms. The summed E-state index contributed by atoms with van der Waals surface area (Å²) >= 11 is 1.96. The molecule has 1 aliphatic rings. The minimum absolute atomic E-state index is 0.769. The van der Waals surface area contributed by atoms with Crippen LogP contribution in [-0.2, 0) is 7.05 Å². The molecule has 2 aromatic heterocycles. The van der Waals surface area contributed by atoms with E-state index in [1.165, 1.54) is 74.1 Å². The molecule has 0 radical (unpaired) electrons. The molecule has 1 saturated carbocycles. The fourth-order valence-electron chi connectivity index (χ4n) is 5.24. The summed E-state index contributed by atoms with van der Waals surface area (Å²) in [7, 11) is 2.21. The second kappa shape index (κ2) is 5.84. The number of aromatic nitrogens is 1. The maximum atomic E-state index is 2.49. The molecule has 134 valence electrons. The Morgan fingerprint density at radius 2 is 1.63 bits per heavy atom. The van der Waals surface area contributed by atoms with Crippen molar-refractivity contribution in [1.29, 1.82) is 0 Å². The molecule has 0 N–H and O–H groups in total. The first kappa shape index (κ1) is 15.7. The third kappa shape index (κ3) is 2.23. The smallest absolute Gasteiger partial charge is 0.0583 e. The fraction of sp³-hybridized carbons (Fsp3) is 0.280. The lowest BCUT2D eigenvalue weighted by Gasteiger charge is -2.21. The van der Waals surface area contributed by atoms with Crippen LogP contribution in [0.25, 0.3) is 42.0 Å². The molecule has 0 spiro atoms. The van der Waals surface area contributed by atoms with Crippen LogP contribution in [0.1, 0.15) is 43.6 Å². The Labute approximate surface area is 163 Å². The van der Waals surface area contributed by atoms with E-state index in [0.717, 1.165) is 5.92 Å². The number of fused-ring (bicyclic) bond motifs is 7. The predicted octanol–water partition coefficient (Wildman–Crippen LogP) is 7.75. The molecule has 0 saturated heterocycles. The fourth-order valence-corrected chi connectivity index (χ4v) is 6.39. The Morgan fingerprint density at radius 1 is 0.815 bits per heavy atom. The first-order valence-electron chi connectivity index (χ1n) is 10.1. The third-order valence-corrected chi connectivity index (χ3v) is 7.72. The van der Waals surface area contributed by atoms with E-state index in [4.69, 9.17) is 0 Å². The molecule has 27 heavy (non-hydrogen) atoms. The van der Waals surface area contributed by atoms with Crippen LogP contribution in [0.5, 0.6) is 0 Å². The quantitative estimate of drug-likeness (QED) is 0.285. The van der Waals surface area contributed by atoms with Crippen LogP contribution < -0.4 is 0 Å². The highest BCUT2D eigenvalue weighted by Crippen LogP contribution is 2.43. The maximum absolute atomic E-state index is 2.49. The Morgan fingerprint density at radius 3 is 2.52 bits per heavy atom. The van der Waals surface area contributed by atoms with Gasteiger partial charge in [-0.3, -0.25) is 0 Å². The van der Waals surface area contributed by atoms with Crippen molar-refractivity contribution in [3.8, 4) is 0 Å². The van der Waals surface area contributed by atoms with Crippen LogP contribution in [-0.4, -0.2) is 4.57 Å². The van der Waals surface area contributed by atoms with Crippen molar-refractivity contribution in [2.75, 3.05) is 0 Å². The van der Waals surface area contributed by atoms with Crippen LogP contribution in [0.2, 0.25) is 0 Å². The highest BCUT2D eigenvalue weighted by molar-refractivity contribution is 7.26. The van der Waals surface area contributed by atoms with Crippen molar-refractivity contribution in [3.63, 3.8) is 0 Å². The molecule has 0 amide bonds. The standard InChI is InChI=1S/C25H23NS/c1-26-21-10-6-5-9-18(21)19-13-14-22-24(25(19)26)20-12-11-17(15-23(20)27-22)16-7-3-2-4-8-16/h5-6,9-16H,2-4,7-8H2,1H3. The molecular formula is C25H23NS. The Kier molecular flexibility index (Phi) is 3.40. The van der Waals surface area contributed by atoms with Crippen LogP contribution in [0.4, 0.5) is 0 Å². The second-order valence-corrected chi connectivity index (χ2v) is 9.19. The van der Waals surface area contributed by atoms with Crippen molar-refractivity contribution >= 4 is 53.3 Å². The zero-order valence-electron chi connectivity index (χ0n) is 15.7. The predicted molar refractivity (Wildman–Crippen MR) is 119 cm³/mol. The molecule has 0 atom stereocenters. The minimum atomic E-state index is 0.769. The zero-order valence-corrected chi connectivity index (χ0v) is 16.5. The van der Waals surface area contributed by atoms with Crippen molar-refractivity contribution in [3.05, 3.63) is 60.2 Å². The summed E-state index contributed by atoms with van der Waals surface area (Å²) in [6.45, 7) is 0. The number of benzene rings is 3. The van der Waals surface area contributed by atoms with Crippen molar-refractivity contribution < 1.29 is 0 Å². The van der Waals surface area contributed by atoms with Crippen LogP contribution in [0.15, 0.2) is 54.6 Å².